The number of hydrogen-bond donors (Lipinski definition) is 1. The van der Waals surface area contributed by atoms with Crippen molar-refractivity contribution in [3.05, 3.63) is 24.3 Å². The Labute approximate surface area is 82.9 Å². The Morgan fingerprint density at radius 1 is 1.31 bits per heavy atom. The molecule has 0 aromatic rings. The van der Waals surface area contributed by atoms with Crippen LogP contribution in [0.2, 0.25) is 0 Å². The molecule has 0 aliphatic heterocycles. The van der Waals surface area contributed by atoms with Crippen LogP contribution in [0.3, 0.4) is 0 Å². The van der Waals surface area contributed by atoms with Crippen LogP contribution in [-0.2, 0) is 0 Å². The van der Waals surface area contributed by atoms with Crippen LogP contribution in [0.4, 0.5) is 0 Å². The van der Waals surface area contributed by atoms with Crippen molar-refractivity contribution in [2.45, 2.75) is 46.1 Å². The van der Waals surface area contributed by atoms with Gasteiger partial charge in [-0.15, -0.1) is 6.58 Å². The monoisotopic (exact) mass is 181 g/mol. The van der Waals surface area contributed by atoms with E-state index in [0.29, 0.717) is 6.04 Å². The van der Waals surface area contributed by atoms with E-state index in [4.69, 9.17) is 0 Å². The van der Waals surface area contributed by atoms with Gasteiger partial charge in [0.05, 0.1) is 0 Å². The van der Waals surface area contributed by atoms with Crippen LogP contribution < -0.4 is 5.32 Å². The van der Waals surface area contributed by atoms with Gasteiger partial charge in [-0.3, -0.25) is 0 Å². The quantitative estimate of drug-likeness (QED) is 0.469. The fraction of sp³-hybridized carbons (Fsp3) is 0.667. The van der Waals surface area contributed by atoms with Crippen molar-refractivity contribution in [3.63, 3.8) is 0 Å². The minimum atomic E-state index is 0.601. The van der Waals surface area contributed by atoms with Gasteiger partial charge in [-0.1, -0.05) is 31.6 Å². The molecular formula is C12H23N. The highest BCUT2D eigenvalue weighted by Gasteiger charge is 1.88. The van der Waals surface area contributed by atoms with Crippen molar-refractivity contribution >= 4 is 0 Å². The average molecular weight is 181 g/mol. The lowest BCUT2D eigenvalue weighted by molar-refractivity contribution is 0.594. The number of allylic oxidation sites excluding steroid dienone is 2. The first kappa shape index (κ1) is 12.4. The first-order valence-electron chi connectivity index (χ1n) is 5.15. The second kappa shape index (κ2) is 8.06. The van der Waals surface area contributed by atoms with Gasteiger partial charge in [0.1, 0.15) is 0 Å². The summed E-state index contributed by atoms with van der Waals surface area (Å²) in [6.45, 7) is 11.4. The largest absolute Gasteiger partial charge is 0.314 e. The number of nitrogens with one attached hydrogen (secondary N) is 1. The third-order valence-electron chi connectivity index (χ3n) is 1.77. The molecule has 76 valence electrons. The Bertz CT molecular complexity index is 157. The van der Waals surface area contributed by atoms with Gasteiger partial charge < -0.3 is 5.32 Å². The molecule has 0 saturated carbocycles. The summed E-state index contributed by atoms with van der Waals surface area (Å²) in [4.78, 5) is 0. The highest BCUT2D eigenvalue weighted by atomic mass is 14.9. The Kier molecular flexibility index (Phi) is 7.71. The van der Waals surface area contributed by atoms with E-state index >= 15 is 0 Å². The lowest BCUT2D eigenvalue weighted by atomic mass is 10.2. The fourth-order valence-corrected chi connectivity index (χ4v) is 1.02. The van der Waals surface area contributed by atoms with Crippen LogP contribution in [-0.4, -0.2) is 12.6 Å². The number of rotatable bonds is 7. The van der Waals surface area contributed by atoms with Crippen molar-refractivity contribution in [2.75, 3.05) is 6.54 Å². The first-order chi connectivity index (χ1) is 6.13. The molecule has 0 aromatic carbocycles. The third kappa shape index (κ3) is 11.4. The molecule has 0 atom stereocenters. The van der Waals surface area contributed by atoms with E-state index in [0.717, 1.165) is 25.8 Å². The third-order valence-corrected chi connectivity index (χ3v) is 1.77. The van der Waals surface area contributed by atoms with Crippen molar-refractivity contribution in [1.29, 1.82) is 0 Å². The lowest BCUT2D eigenvalue weighted by Crippen LogP contribution is -2.23. The SMILES string of the molecule is C=C(C)CC/C=C/CCNC(C)C. The molecular weight excluding hydrogens is 158 g/mol. The molecule has 0 unspecified atom stereocenters. The highest BCUT2D eigenvalue weighted by molar-refractivity contribution is 4.92. The summed E-state index contributed by atoms with van der Waals surface area (Å²) in [5.41, 5.74) is 1.27. The van der Waals surface area contributed by atoms with Crippen LogP contribution in [0.5, 0.6) is 0 Å². The van der Waals surface area contributed by atoms with Gasteiger partial charge in [0.25, 0.3) is 0 Å². The van der Waals surface area contributed by atoms with Gasteiger partial charge >= 0.3 is 0 Å². The second-order valence-corrected chi connectivity index (χ2v) is 3.86. The van der Waals surface area contributed by atoms with Gasteiger partial charge in [0.15, 0.2) is 0 Å². The van der Waals surface area contributed by atoms with E-state index in [2.05, 4.69) is 44.8 Å². The highest BCUT2D eigenvalue weighted by Crippen LogP contribution is 2.01. The summed E-state index contributed by atoms with van der Waals surface area (Å²) in [6, 6.07) is 0.601. The molecule has 0 radical (unpaired) electrons. The minimum absolute atomic E-state index is 0.601. The molecule has 13 heavy (non-hydrogen) atoms. The smallest absolute Gasteiger partial charge is 0.00105 e. The van der Waals surface area contributed by atoms with Crippen LogP contribution >= 0.6 is 0 Å². The van der Waals surface area contributed by atoms with Crippen molar-refractivity contribution in [2.24, 2.45) is 0 Å². The standard InChI is InChI=1S/C12H23N/c1-11(2)9-7-5-6-8-10-13-12(3)4/h5-6,12-13H,1,7-10H2,2-4H3/b6-5+. The molecule has 0 rings (SSSR count). The second-order valence-electron chi connectivity index (χ2n) is 3.86. The summed E-state index contributed by atoms with van der Waals surface area (Å²) in [7, 11) is 0. The zero-order valence-electron chi connectivity index (χ0n) is 9.27. The topological polar surface area (TPSA) is 12.0 Å². The molecule has 0 aliphatic carbocycles. The van der Waals surface area contributed by atoms with E-state index < -0.39 is 0 Å². The van der Waals surface area contributed by atoms with E-state index in [1.165, 1.54) is 5.57 Å². The molecule has 1 N–H and O–H groups in total. The fourth-order valence-electron chi connectivity index (χ4n) is 1.02. The molecule has 0 spiro atoms. The zero-order chi connectivity index (χ0) is 10.1. The Balaban J connectivity index is 3.17. The summed E-state index contributed by atoms with van der Waals surface area (Å²) in [6.07, 6.45) is 7.88. The number of hydrogen-bond acceptors (Lipinski definition) is 1. The van der Waals surface area contributed by atoms with Crippen LogP contribution in [0.15, 0.2) is 24.3 Å². The van der Waals surface area contributed by atoms with Gasteiger partial charge in [-0.05, 0) is 32.7 Å². The van der Waals surface area contributed by atoms with Crippen molar-refractivity contribution < 1.29 is 0 Å². The van der Waals surface area contributed by atoms with Gasteiger partial charge in [-0.25, -0.2) is 0 Å². The first-order valence-corrected chi connectivity index (χ1v) is 5.15. The van der Waals surface area contributed by atoms with Crippen molar-refractivity contribution in [1.82, 2.24) is 5.32 Å². The van der Waals surface area contributed by atoms with E-state index in [1.54, 1.807) is 0 Å². The van der Waals surface area contributed by atoms with Crippen LogP contribution in [0, 0.1) is 0 Å². The average Bonchev–Trinajstić information content (AvgIpc) is 2.01. The Morgan fingerprint density at radius 2 is 1.92 bits per heavy atom. The molecule has 1 nitrogen and oxygen atoms in total. The zero-order valence-corrected chi connectivity index (χ0v) is 9.27. The predicted molar refractivity (Wildman–Crippen MR) is 60.9 cm³/mol. The molecule has 0 aromatic heterocycles. The Morgan fingerprint density at radius 3 is 2.46 bits per heavy atom. The molecule has 0 heterocycles. The molecule has 0 fully saturated rings. The molecule has 0 aliphatic rings. The summed E-state index contributed by atoms with van der Waals surface area (Å²) < 4.78 is 0. The summed E-state index contributed by atoms with van der Waals surface area (Å²) in [5, 5.41) is 3.38. The molecule has 0 bridgehead atoms. The van der Waals surface area contributed by atoms with E-state index in [1.807, 2.05) is 0 Å². The maximum absolute atomic E-state index is 3.87. The van der Waals surface area contributed by atoms with Gasteiger partial charge in [0, 0.05) is 6.04 Å². The predicted octanol–water partition coefficient (Wildman–Crippen LogP) is 3.29. The van der Waals surface area contributed by atoms with E-state index in [-0.39, 0.29) is 0 Å². The molecule has 1 heteroatoms. The summed E-state index contributed by atoms with van der Waals surface area (Å²) in [5.74, 6) is 0. The summed E-state index contributed by atoms with van der Waals surface area (Å²) >= 11 is 0. The normalized spacial score (nSPS) is 11.4. The maximum Gasteiger partial charge on any atom is 0.00105 e. The van der Waals surface area contributed by atoms with E-state index in [9.17, 15) is 0 Å². The van der Waals surface area contributed by atoms with Gasteiger partial charge in [0.2, 0.25) is 0 Å². The minimum Gasteiger partial charge on any atom is -0.314 e. The van der Waals surface area contributed by atoms with Crippen molar-refractivity contribution in [3.8, 4) is 0 Å². The maximum atomic E-state index is 3.87. The molecule has 0 saturated heterocycles. The lowest BCUT2D eigenvalue weighted by Gasteiger charge is -2.04. The van der Waals surface area contributed by atoms with Crippen LogP contribution in [0.25, 0.3) is 0 Å². The van der Waals surface area contributed by atoms with Crippen LogP contribution in [0.1, 0.15) is 40.0 Å². The van der Waals surface area contributed by atoms with Gasteiger partial charge in [-0.2, -0.15) is 0 Å². The Hall–Kier alpha value is -0.560. The molecule has 0 amide bonds.